The van der Waals surface area contributed by atoms with Crippen LogP contribution in [0, 0.1) is 0 Å². The lowest BCUT2D eigenvalue weighted by Gasteiger charge is -2.33. The Balaban J connectivity index is 1.75. The number of hydrogen-bond acceptors (Lipinski definition) is 4. The summed E-state index contributed by atoms with van der Waals surface area (Å²) >= 11 is 12.8. The van der Waals surface area contributed by atoms with Crippen LogP contribution in [-0.4, -0.2) is 43.8 Å². The number of benzene rings is 3. The number of rotatable bonds is 10. The largest absolute Gasteiger partial charge is 0.416 e. The molecule has 0 aliphatic heterocycles. The fourth-order valence-corrected chi connectivity index (χ4v) is 6.86. The summed E-state index contributed by atoms with van der Waals surface area (Å²) in [5.41, 5.74) is -1.13. The maximum Gasteiger partial charge on any atom is 0.416 e. The number of anilines is 1. The minimum Gasteiger partial charge on any atom is -0.352 e. The number of carbonyl (C=O) groups excluding carboxylic acids is 2. The molecule has 0 aromatic heterocycles. The van der Waals surface area contributed by atoms with Gasteiger partial charge in [-0.1, -0.05) is 66.4 Å². The zero-order valence-corrected chi connectivity index (χ0v) is 25.5. The lowest BCUT2D eigenvalue weighted by Crippen LogP contribution is -2.52. The van der Waals surface area contributed by atoms with Crippen molar-refractivity contribution in [2.24, 2.45) is 0 Å². The Morgan fingerprint density at radius 3 is 2.16 bits per heavy atom. The molecule has 2 amide bonds. The Bertz CT molecular complexity index is 1550. The van der Waals surface area contributed by atoms with Crippen LogP contribution in [-0.2, 0) is 32.3 Å². The summed E-state index contributed by atoms with van der Waals surface area (Å²) in [5.74, 6) is -1.30. The summed E-state index contributed by atoms with van der Waals surface area (Å²) in [5, 5.41) is 3.38. The van der Waals surface area contributed by atoms with Gasteiger partial charge in [-0.2, -0.15) is 13.2 Å². The predicted octanol–water partition coefficient (Wildman–Crippen LogP) is 6.68. The van der Waals surface area contributed by atoms with Gasteiger partial charge in [0.25, 0.3) is 10.0 Å². The SMILES string of the molecule is CC(C(=O)NC1CCCC1)N(Cc1c(Cl)cccc1Cl)C(=O)CN(c1cccc(C(F)(F)F)c1)S(=O)(=O)c1ccccc1. The van der Waals surface area contributed by atoms with Crippen molar-refractivity contribution in [2.75, 3.05) is 10.8 Å². The molecule has 3 aromatic carbocycles. The topological polar surface area (TPSA) is 86.8 Å². The molecule has 0 bridgehead atoms. The highest BCUT2D eigenvalue weighted by Crippen LogP contribution is 2.34. The zero-order chi connectivity index (χ0) is 31.4. The minimum absolute atomic E-state index is 0.0594. The van der Waals surface area contributed by atoms with Crippen LogP contribution < -0.4 is 9.62 Å². The van der Waals surface area contributed by atoms with Gasteiger partial charge < -0.3 is 10.2 Å². The highest BCUT2D eigenvalue weighted by Gasteiger charge is 2.36. The molecule has 230 valence electrons. The first-order chi connectivity index (χ1) is 20.3. The third-order valence-electron chi connectivity index (χ3n) is 7.33. The van der Waals surface area contributed by atoms with Gasteiger partial charge in [-0.25, -0.2) is 8.42 Å². The number of nitrogens with one attached hydrogen (secondary N) is 1. The molecule has 1 unspecified atom stereocenters. The number of amides is 2. The third-order valence-corrected chi connectivity index (χ3v) is 9.83. The van der Waals surface area contributed by atoms with Gasteiger partial charge in [0.15, 0.2) is 0 Å². The fraction of sp³-hybridized carbons (Fsp3) is 0.333. The van der Waals surface area contributed by atoms with Gasteiger partial charge in [0, 0.05) is 28.2 Å². The molecule has 1 N–H and O–H groups in total. The maximum atomic E-state index is 14.0. The Morgan fingerprint density at radius 1 is 0.953 bits per heavy atom. The van der Waals surface area contributed by atoms with E-state index in [0.29, 0.717) is 15.9 Å². The standard InChI is InChI=1S/C30H30Cl2F3N3O4S/c1-20(29(40)36-22-10-5-6-11-22)37(18-25-26(31)15-8-16-27(25)32)28(39)19-38(43(41,42)24-13-3-2-4-14-24)23-12-7-9-21(17-23)30(33,34)35/h2-4,7-9,12-17,20,22H,5-6,10-11,18-19H2,1H3,(H,36,40). The second kappa shape index (κ2) is 13.6. The molecule has 43 heavy (non-hydrogen) atoms. The van der Waals surface area contributed by atoms with Crippen LogP contribution in [0.1, 0.15) is 43.7 Å². The van der Waals surface area contributed by atoms with Crippen LogP contribution in [0.15, 0.2) is 77.7 Å². The second-order valence-electron chi connectivity index (χ2n) is 10.3. The molecule has 4 rings (SSSR count). The Labute approximate surface area is 258 Å². The molecule has 0 radical (unpaired) electrons. The summed E-state index contributed by atoms with van der Waals surface area (Å²) in [6, 6.07) is 14.3. The molecule has 0 heterocycles. The lowest BCUT2D eigenvalue weighted by molar-refractivity contribution is -0.139. The van der Waals surface area contributed by atoms with Crippen LogP contribution in [0.3, 0.4) is 0 Å². The van der Waals surface area contributed by atoms with Crippen LogP contribution in [0.25, 0.3) is 0 Å². The summed E-state index contributed by atoms with van der Waals surface area (Å²) in [7, 11) is -4.53. The van der Waals surface area contributed by atoms with Crippen LogP contribution >= 0.6 is 23.2 Å². The first-order valence-electron chi connectivity index (χ1n) is 13.6. The molecule has 1 atom stereocenters. The van der Waals surface area contributed by atoms with Gasteiger partial charge in [-0.05, 0) is 62.2 Å². The summed E-state index contributed by atoms with van der Waals surface area (Å²) in [6.45, 7) is 0.341. The monoisotopic (exact) mass is 655 g/mol. The predicted molar refractivity (Wildman–Crippen MR) is 159 cm³/mol. The van der Waals surface area contributed by atoms with E-state index in [1.807, 2.05) is 0 Å². The molecule has 3 aromatic rings. The number of hydrogen-bond donors (Lipinski definition) is 1. The number of alkyl halides is 3. The van der Waals surface area contributed by atoms with Crippen molar-refractivity contribution in [2.45, 2.75) is 62.3 Å². The molecule has 1 aliphatic carbocycles. The van der Waals surface area contributed by atoms with Crippen LogP contribution in [0.5, 0.6) is 0 Å². The fourth-order valence-electron chi connectivity index (χ4n) is 4.91. The van der Waals surface area contributed by atoms with Crippen LogP contribution in [0.4, 0.5) is 18.9 Å². The molecule has 7 nitrogen and oxygen atoms in total. The first-order valence-corrected chi connectivity index (χ1v) is 15.8. The van der Waals surface area contributed by atoms with Gasteiger partial charge >= 0.3 is 6.18 Å². The first kappa shape index (κ1) is 32.6. The van der Waals surface area contributed by atoms with Crippen LogP contribution in [0.2, 0.25) is 10.0 Å². The Hall–Kier alpha value is -3.28. The van der Waals surface area contributed by atoms with E-state index in [9.17, 15) is 31.2 Å². The smallest absolute Gasteiger partial charge is 0.352 e. The van der Waals surface area contributed by atoms with Crippen molar-refractivity contribution in [3.05, 3.63) is 94.0 Å². The third kappa shape index (κ3) is 7.82. The van der Waals surface area contributed by atoms with E-state index in [1.54, 1.807) is 24.3 Å². The minimum atomic E-state index is -4.76. The van der Waals surface area contributed by atoms with Gasteiger partial charge in [0.2, 0.25) is 11.8 Å². The maximum absolute atomic E-state index is 14.0. The summed E-state index contributed by atoms with van der Waals surface area (Å²) < 4.78 is 69.0. The normalized spacial score (nSPS) is 14.7. The molecular formula is C30H30Cl2F3N3O4S. The van der Waals surface area contributed by atoms with Crippen molar-refractivity contribution < 1.29 is 31.2 Å². The summed E-state index contributed by atoms with van der Waals surface area (Å²) in [6.07, 6.45) is -1.26. The van der Waals surface area contributed by atoms with Crippen molar-refractivity contribution in [1.82, 2.24) is 10.2 Å². The molecule has 13 heteroatoms. The number of halogens is 5. The second-order valence-corrected chi connectivity index (χ2v) is 12.9. The number of sulfonamides is 1. The van der Waals surface area contributed by atoms with Crippen molar-refractivity contribution >= 4 is 50.7 Å². The van der Waals surface area contributed by atoms with E-state index in [1.165, 1.54) is 37.3 Å². The number of nitrogens with zero attached hydrogens (tertiary/aromatic N) is 2. The highest BCUT2D eigenvalue weighted by molar-refractivity contribution is 7.92. The molecule has 1 fully saturated rings. The van der Waals surface area contributed by atoms with Gasteiger partial charge in [0.05, 0.1) is 16.1 Å². The van der Waals surface area contributed by atoms with E-state index in [-0.39, 0.29) is 33.2 Å². The summed E-state index contributed by atoms with van der Waals surface area (Å²) in [4.78, 5) is 28.2. The van der Waals surface area contributed by atoms with Gasteiger partial charge in [-0.15, -0.1) is 0 Å². The van der Waals surface area contributed by atoms with Gasteiger partial charge in [0.1, 0.15) is 12.6 Å². The Morgan fingerprint density at radius 2 is 1.56 bits per heavy atom. The number of carbonyl (C=O) groups is 2. The van der Waals surface area contributed by atoms with Crippen molar-refractivity contribution in [3.63, 3.8) is 0 Å². The molecule has 0 spiro atoms. The average molecular weight is 657 g/mol. The van der Waals surface area contributed by atoms with E-state index >= 15 is 0 Å². The zero-order valence-electron chi connectivity index (χ0n) is 23.2. The highest BCUT2D eigenvalue weighted by atomic mass is 35.5. The van der Waals surface area contributed by atoms with E-state index in [4.69, 9.17) is 23.2 Å². The molecular weight excluding hydrogens is 626 g/mol. The van der Waals surface area contributed by atoms with Crippen molar-refractivity contribution in [1.29, 1.82) is 0 Å². The molecule has 1 saturated carbocycles. The van der Waals surface area contributed by atoms with Crippen molar-refractivity contribution in [3.8, 4) is 0 Å². The van der Waals surface area contributed by atoms with E-state index in [2.05, 4.69) is 5.32 Å². The van der Waals surface area contributed by atoms with Gasteiger partial charge in [-0.3, -0.25) is 13.9 Å². The molecule has 1 aliphatic rings. The quantitative estimate of drug-likeness (QED) is 0.264. The van der Waals surface area contributed by atoms with E-state index < -0.39 is 46.2 Å². The Kier molecular flexibility index (Phi) is 10.3. The lowest BCUT2D eigenvalue weighted by atomic mass is 10.1. The average Bonchev–Trinajstić information content (AvgIpc) is 3.48. The van der Waals surface area contributed by atoms with E-state index in [0.717, 1.165) is 42.7 Å². The molecule has 0 saturated heterocycles.